The second-order valence-corrected chi connectivity index (χ2v) is 12.8. The van der Waals surface area contributed by atoms with Crippen molar-refractivity contribution in [2.24, 2.45) is 11.8 Å². The molecule has 1 aromatic carbocycles. The van der Waals surface area contributed by atoms with E-state index in [0.29, 0.717) is 5.92 Å². The zero-order valence-electron chi connectivity index (χ0n) is 19.2. The van der Waals surface area contributed by atoms with Gasteiger partial charge >= 0.3 is 0 Å². The van der Waals surface area contributed by atoms with Crippen LogP contribution in [0.1, 0.15) is 89.0 Å². The van der Waals surface area contributed by atoms with Crippen LogP contribution < -0.4 is 4.74 Å². The summed E-state index contributed by atoms with van der Waals surface area (Å²) in [4.78, 5) is 0. The van der Waals surface area contributed by atoms with E-state index in [2.05, 4.69) is 6.92 Å². The van der Waals surface area contributed by atoms with E-state index < -0.39 is 18.8 Å². The summed E-state index contributed by atoms with van der Waals surface area (Å²) in [7, 11) is 0.0219. The van der Waals surface area contributed by atoms with E-state index in [1.165, 1.54) is 76.0 Å². The van der Waals surface area contributed by atoms with E-state index in [0.717, 1.165) is 30.2 Å². The van der Waals surface area contributed by atoms with Crippen LogP contribution in [0.2, 0.25) is 18.1 Å². The molecule has 0 bridgehead atoms. The van der Waals surface area contributed by atoms with Gasteiger partial charge in [0.2, 0.25) is 0 Å². The number of benzene rings is 1. The SMILES string of the molecule is CCC[Si]1CCC(CCCCC2CCC(c3ccc(OCC(F)F)c(F)c3)CC2)CC1. The zero-order valence-corrected chi connectivity index (χ0v) is 20.2. The summed E-state index contributed by atoms with van der Waals surface area (Å²) in [5.74, 6) is 1.62. The molecule has 1 saturated carbocycles. The molecule has 0 atom stereocenters. The highest BCUT2D eigenvalue weighted by Gasteiger charge is 2.24. The minimum absolute atomic E-state index is 0.0219. The third-order valence-electron chi connectivity index (χ3n) is 7.53. The molecular formula is C26H40F3OSi. The largest absolute Gasteiger partial charge is 0.485 e. The zero-order chi connectivity index (χ0) is 22.1. The number of ether oxygens (including phenoxy) is 1. The second-order valence-electron chi connectivity index (χ2n) is 9.84. The highest BCUT2D eigenvalue weighted by Crippen LogP contribution is 2.39. The quantitative estimate of drug-likeness (QED) is 0.241. The lowest BCUT2D eigenvalue weighted by Gasteiger charge is -2.29. The standard InChI is InChI=1S/C26H40F3OSi/c1-2-15-31-16-13-21(14-17-31)6-4-3-5-20-7-9-22(10-8-20)23-11-12-25(24(27)18-23)30-19-26(28)29/h11-12,18,20-22,26H,2-10,13-17,19H2,1H3. The van der Waals surface area contributed by atoms with E-state index in [-0.39, 0.29) is 14.5 Å². The van der Waals surface area contributed by atoms with Crippen LogP contribution in [0.5, 0.6) is 5.75 Å². The molecule has 1 nitrogen and oxygen atoms in total. The van der Waals surface area contributed by atoms with Crippen LogP contribution in [-0.4, -0.2) is 21.8 Å². The van der Waals surface area contributed by atoms with Crippen molar-refractivity contribution in [2.75, 3.05) is 6.61 Å². The molecule has 1 radical (unpaired) electrons. The van der Waals surface area contributed by atoms with Crippen LogP contribution in [-0.2, 0) is 0 Å². The highest BCUT2D eigenvalue weighted by molar-refractivity contribution is 6.58. The van der Waals surface area contributed by atoms with Crippen molar-refractivity contribution in [3.63, 3.8) is 0 Å². The predicted molar refractivity (Wildman–Crippen MR) is 124 cm³/mol. The van der Waals surface area contributed by atoms with E-state index in [1.54, 1.807) is 12.1 Å². The Morgan fingerprint density at radius 3 is 2.19 bits per heavy atom. The van der Waals surface area contributed by atoms with Crippen molar-refractivity contribution in [1.29, 1.82) is 0 Å². The number of hydrogen-bond acceptors (Lipinski definition) is 1. The fraction of sp³-hybridized carbons (Fsp3) is 0.769. The Morgan fingerprint density at radius 2 is 1.61 bits per heavy atom. The van der Waals surface area contributed by atoms with Crippen LogP contribution >= 0.6 is 0 Å². The highest BCUT2D eigenvalue weighted by atomic mass is 28.3. The summed E-state index contributed by atoms with van der Waals surface area (Å²) >= 11 is 0. The van der Waals surface area contributed by atoms with Crippen LogP contribution in [0.25, 0.3) is 0 Å². The maximum absolute atomic E-state index is 14.2. The predicted octanol–water partition coefficient (Wildman–Crippen LogP) is 8.62. The van der Waals surface area contributed by atoms with Crippen molar-refractivity contribution >= 4 is 8.80 Å². The van der Waals surface area contributed by atoms with Crippen molar-refractivity contribution in [1.82, 2.24) is 0 Å². The van der Waals surface area contributed by atoms with E-state index in [4.69, 9.17) is 4.74 Å². The van der Waals surface area contributed by atoms with Gasteiger partial charge in [-0.25, -0.2) is 13.2 Å². The molecule has 3 rings (SSSR count). The molecule has 2 fully saturated rings. The number of alkyl halides is 2. The van der Waals surface area contributed by atoms with Gasteiger partial charge in [0.25, 0.3) is 6.43 Å². The van der Waals surface area contributed by atoms with E-state index in [1.807, 2.05) is 6.07 Å². The fourth-order valence-electron chi connectivity index (χ4n) is 5.67. The van der Waals surface area contributed by atoms with Gasteiger partial charge in [-0.2, -0.15) is 0 Å². The molecule has 0 amide bonds. The molecule has 31 heavy (non-hydrogen) atoms. The minimum atomic E-state index is -2.59. The van der Waals surface area contributed by atoms with Gasteiger partial charge in [0, 0.05) is 8.80 Å². The molecule has 0 unspecified atom stereocenters. The van der Waals surface area contributed by atoms with Crippen molar-refractivity contribution in [3.05, 3.63) is 29.6 Å². The van der Waals surface area contributed by atoms with Crippen LogP contribution in [0.3, 0.4) is 0 Å². The average molecular weight is 454 g/mol. The van der Waals surface area contributed by atoms with Gasteiger partial charge in [0.15, 0.2) is 11.6 Å². The number of unbranched alkanes of at least 4 members (excludes halogenated alkanes) is 1. The second kappa shape index (κ2) is 12.9. The normalized spacial score (nSPS) is 23.4. The Labute approximate surface area is 188 Å². The minimum Gasteiger partial charge on any atom is -0.485 e. The Kier molecular flexibility index (Phi) is 10.3. The first-order chi connectivity index (χ1) is 15.0. The third kappa shape index (κ3) is 8.14. The monoisotopic (exact) mass is 453 g/mol. The summed E-state index contributed by atoms with van der Waals surface area (Å²) in [6, 6.07) is 9.51. The maximum Gasteiger partial charge on any atom is 0.272 e. The average Bonchev–Trinajstić information content (AvgIpc) is 2.77. The topological polar surface area (TPSA) is 9.23 Å². The Morgan fingerprint density at radius 1 is 0.968 bits per heavy atom. The molecule has 1 aliphatic heterocycles. The molecule has 0 aromatic heterocycles. The molecule has 0 N–H and O–H groups in total. The number of hydrogen-bond donors (Lipinski definition) is 0. The first-order valence-electron chi connectivity index (χ1n) is 12.6. The van der Waals surface area contributed by atoms with Gasteiger partial charge in [0.05, 0.1) is 0 Å². The van der Waals surface area contributed by atoms with Crippen LogP contribution in [0.15, 0.2) is 18.2 Å². The molecule has 1 saturated heterocycles. The summed E-state index contributed by atoms with van der Waals surface area (Å²) in [5, 5.41) is 0. The lowest BCUT2D eigenvalue weighted by molar-refractivity contribution is 0.0799. The first-order valence-corrected chi connectivity index (χ1v) is 14.7. The molecule has 5 heteroatoms. The molecule has 1 aromatic rings. The van der Waals surface area contributed by atoms with Crippen molar-refractivity contribution in [3.8, 4) is 5.75 Å². The van der Waals surface area contributed by atoms with Crippen LogP contribution in [0.4, 0.5) is 13.2 Å². The Balaban J connectivity index is 1.31. The van der Waals surface area contributed by atoms with Crippen molar-refractivity contribution < 1.29 is 17.9 Å². The van der Waals surface area contributed by atoms with Gasteiger partial charge < -0.3 is 4.74 Å². The maximum atomic E-state index is 14.2. The molecule has 1 heterocycles. The summed E-state index contributed by atoms with van der Waals surface area (Å²) < 4.78 is 43.5. The lowest BCUT2D eigenvalue weighted by atomic mass is 9.77. The summed E-state index contributed by atoms with van der Waals surface area (Å²) in [6.07, 6.45) is 12.0. The summed E-state index contributed by atoms with van der Waals surface area (Å²) in [6.45, 7) is 1.57. The molecule has 175 valence electrons. The van der Waals surface area contributed by atoms with E-state index >= 15 is 0 Å². The van der Waals surface area contributed by atoms with Crippen molar-refractivity contribution in [2.45, 2.75) is 108 Å². The third-order valence-corrected chi connectivity index (χ3v) is 10.7. The number of rotatable bonds is 11. The van der Waals surface area contributed by atoms with Crippen LogP contribution in [0, 0.1) is 17.7 Å². The van der Waals surface area contributed by atoms with E-state index in [9.17, 15) is 13.2 Å². The van der Waals surface area contributed by atoms with Gasteiger partial charge in [-0.05, 0) is 61.1 Å². The fourth-order valence-corrected chi connectivity index (χ4v) is 8.76. The lowest BCUT2D eigenvalue weighted by Crippen LogP contribution is -2.21. The first kappa shape index (κ1) is 24.7. The van der Waals surface area contributed by atoms with Gasteiger partial charge in [-0.15, -0.1) is 0 Å². The summed E-state index contributed by atoms with van der Waals surface area (Å²) in [5.41, 5.74) is 0.988. The van der Waals surface area contributed by atoms with Gasteiger partial charge in [-0.1, -0.05) is 76.1 Å². The molecule has 0 spiro atoms. The molecule has 1 aliphatic carbocycles. The smallest absolute Gasteiger partial charge is 0.272 e. The molecular weight excluding hydrogens is 413 g/mol. The Bertz CT molecular complexity index is 638. The Hall–Kier alpha value is -0.973. The van der Waals surface area contributed by atoms with Gasteiger partial charge in [0.1, 0.15) is 6.61 Å². The number of halogens is 3. The molecule has 2 aliphatic rings. The van der Waals surface area contributed by atoms with Gasteiger partial charge in [-0.3, -0.25) is 0 Å².